The topological polar surface area (TPSA) is 38.7 Å². The lowest BCUT2D eigenvalue weighted by Crippen LogP contribution is -2.14. The van der Waals surface area contributed by atoms with Crippen molar-refractivity contribution in [1.29, 1.82) is 0 Å². The number of nitrogens with zero attached hydrogens (tertiary/aromatic N) is 3. The number of hydrogen-bond donors (Lipinski definition) is 0. The maximum atomic E-state index is 5.42. The Morgan fingerprint density at radius 1 is 0.305 bits per heavy atom. The summed E-state index contributed by atoms with van der Waals surface area (Å²) < 4.78 is 0. The van der Waals surface area contributed by atoms with E-state index in [-0.39, 0.29) is 5.41 Å². The van der Waals surface area contributed by atoms with Crippen LogP contribution in [-0.4, -0.2) is 15.0 Å². The summed E-state index contributed by atoms with van der Waals surface area (Å²) in [6.07, 6.45) is 0. The number of fused-ring (bicyclic) bond motifs is 10. The smallest absolute Gasteiger partial charge is 0.165 e. The van der Waals surface area contributed by atoms with E-state index in [1.807, 2.05) is 0 Å². The highest BCUT2D eigenvalue weighted by molar-refractivity contribution is 6.10. The maximum Gasteiger partial charge on any atom is 0.165 e. The van der Waals surface area contributed by atoms with Crippen LogP contribution in [0.4, 0.5) is 0 Å². The molecule has 12 rings (SSSR count). The number of rotatable bonds is 4. The fourth-order valence-corrected chi connectivity index (χ4v) is 9.69. The van der Waals surface area contributed by atoms with Gasteiger partial charge in [-0.15, -0.1) is 0 Å². The van der Waals surface area contributed by atoms with E-state index in [2.05, 4.69) is 202 Å². The van der Waals surface area contributed by atoms with Gasteiger partial charge in [-0.2, -0.15) is 0 Å². The Labute approximate surface area is 342 Å². The Bertz CT molecular complexity index is 3410. The normalized spacial score (nSPS) is 13.1. The van der Waals surface area contributed by atoms with Gasteiger partial charge in [0.25, 0.3) is 0 Å². The average molecular weight is 752 g/mol. The van der Waals surface area contributed by atoms with E-state index in [0.29, 0.717) is 17.5 Å². The van der Waals surface area contributed by atoms with Crippen molar-refractivity contribution in [2.75, 3.05) is 0 Å². The van der Waals surface area contributed by atoms with Gasteiger partial charge < -0.3 is 0 Å². The molecule has 1 aliphatic carbocycles. The van der Waals surface area contributed by atoms with Gasteiger partial charge in [-0.05, 0) is 105 Å². The molecule has 0 aliphatic heterocycles. The van der Waals surface area contributed by atoms with Crippen LogP contribution in [0.3, 0.4) is 0 Å². The molecule has 0 saturated heterocycles. The summed E-state index contributed by atoms with van der Waals surface area (Å²) >= 11 is 0. The lowest BCUT2D eigenvalue weighted by molar-refractivity contribution is 0.660. The monoisotopic (exact) mass is 751 g/mol. The molecule has 0 spiro atoms. The molecule has 0 N–H and O–H groups in total. The van der Waals surface area contributed by atoms with E-state index in [0.717, 1.165) is 49.4 Å². The van der Waals surface area contributed by atoms with Crippen molar-refractivity contribution < 1.29 is 0 Å². The molecule has 0 unspecified atom stereocenters. The highest BCUT2D eigenvalue weighted by atomic mass is 15.0. The summed E-state index contributed by atoms with van der Waals surface area (Å²) in [4.78, 5) is 16.1. The van der Waals surface area contributed by atoms with Crippen molar-refractivity contribution in [3.05, 3.63) is 199 Å². The summed E-state index contributed by atoms with van der Waals surface area (Å²) in [5.41, 5.74) is 10.3. The van der Waals surface area contributed by atoms with Crippen LogP contribution < -0.4 is 0 Å². The second-order valence-electron chi connectivity index (χ2n) is 16.4. The first-order chi connectivity index (χ1) is 29.0. The zero-order chi connectivity index (χ0) is 39.2. The molecule has 0 fully saturated rings. The van der Waals surface area contributed by atoms with Gasteiger partial charge in [-0.1, -0.05) is 184 Å². The molecule has 1 heterocycles. The van der Waals surface area contributed by atoms with Gasteiger partial charge in [-0.25, -0.2) is 15.0 Å². The molecule has 10 aromatic carbocycles. The van der Waals surface area contributed by atoms with Crippen molar-refractivity contribution in [1.82, 2.24) is 15.0 Å². The summed E-state index contributed by atoms with van der Waals surface area (Å²) in [5.74, 6) is 1.93. The van der Waals surface area contributed by atoms with Gasteiger partial charge >= 0.3 is 0 Å². The predicted octanol–water partition coefficient (Wildman–Crippen LogP) is 14.6. The number of aromatic nitrogens is 3. The minimum absolute atomic E-state index is 0.0764. The molecule has 0 amide bonds. The Balaban J connectivity index is 1.11. The Morgan fingerprint density at radius 2 is 0.763 bits per heavy atom. The molecule has 0 radical (unpaired) electrons. The van der Waals surface area contributed by atoms with Crippen LogP contribution in [0.1, 0.15) is 25.0 Å². The molecule has 3 nitrogen and oxygen atoms in total. The molecule has 0 saturated carbocycles. The first-order valence-electron chi connectivity index (χ1n) is 20.3. The first kappa shape index (κ1) is 33.6. The van der Waals surface area contributed by atoms with E-state index < -0.39 is 0 Å². The Hall–Kier alpha value is -7.49. The van der Waals surface area contributed by atoms with Gasteiger partial charge in [0.2, 0.25) is 0 Å². The predicted molar refractivity (Wildman–Crippen MR) is 247 cm³/mol. The largest absolute Gasteiger partial charge is 0.208 e. The minimum Gasteiger partial charge on any atom is -0.208 e. The van der Waals surface area contributed by atoms with Crippen LogP contribution >= 0.6 is 0 Å². The minimum atomic E-state index is -0.0764. The van der Waals surface area contributed by atoms with Crippen LogP contribution in [0.2, 0.25) is 0 Å². The van der Waals surface area contributed by atoms with Crippen molar-refractivity contribution in [2.24, 2.45) is 0 Å². The SMILES string of the molecule is CC1(C)c2ccccc2-c2cc(-c3ccc4ccccc4c3-c3nc(-c4ccc5c(ccc6ccccc65)c4)nc(-c4ccc5c(ccc6ccccc65)c4)n3)ccc21. The third kappa shape index (κ3) is 5.25. The fraction of sp³-hybridized carbons (Fsp3) is 0.0536. The maximum absolute atomic E-state index is 5.42. The van der Waals surface area contributed by atoms with Crippen LogP contribution in [0, 0.1) is 0 Å². The van der Waals surface area contributed by atoms with Crippen LogP contribution in [-0.2, 0) is 5.41 Å². The third-order valence-corrected chi connectivity index (χ3v) is 12.7. The van der Waals surface area contributed by atoms with Crippen molar-refractivity contribution in [3.63, 3.8) is 0 Å². The van der Waals surface area contributed by atoms with E-state index in [1.165, 1.54) is 54.6 Å². The van der Waals surface area contributed by atoms with Crippen molar-refractivity contribution in [2.45, 2.75) is 19.3 Å². The van der Waals surface area contributed by atoms with E-state index in [1.54, 1.807) is 0 Å². The molecule has 1 aliphatic rings. The van der Waals surface area contributed by atoms with Gasteiger partial charge in [-0.3, -0.25) is 0 Å². The van der Waals surface area contributed by atoms with Crippen LogP contribution in [0.5, 0.6) is 0 Å². The summed E-state index contributed by atoms with van der Waals surface area (Å²) in [6.45, 7) is 4.66. The molecule has 1 aromatic heterocycles. The zero-order valence-corrected chi connectivity index (χ0v) is 32.7. The highest BCUT2D eigenvalue weighted by Gasteiger charge is 2.35. The second kappa shape index (κ2) is 12.8. The van der Waals surface area contributed by atoms with Gasteiger partial charge in [0.15, 0.2) is 17.5 Å². The Kier molecular flexibility index (Phi) is 7.27. The average Bonchev–Trinajstić information content (AvgIpc) is 3.53. The summed E-state index contributed by atoms with van der Waals surface area (Å²) in [6, 6.07) is 68.0. The third-order valence-electron chi connectivity index (χ3n) is 12.7. The van der Waals surface area contributed by atoms with Gasteiger partial charge in [0.1, 0.15) is 0 Å². The van der Waals surface area contributed by atoms with Crippen molar-refractivity contribution in [3.8, 4) is 56.4 Å². The molecule has 11 aromatic rings. The first-order valence-corrected chi connectivity index (χ1v) is 20.3. The van der Waals surface area contributed by atoms with Crippen LogP contribution in [0.15, 0.2) is 188 Å². The molecule has 3 heteroatoms. The molecule has 276 valence electrons. The van der Waals surface area contributed by atoms with E-state index >= 15 is 0 Å². The van der Waals surface area contributed by atoms with Gasteiger partial charge in [0.05, 0.1) is 0 Å². The number of benzene rings is 10. The van der Waals surface area contributed by atoms with E-state index in [4.69, 9.17) is 15.0 Å². The summed E-state index contributed by atoms with van der Waals surface area (Å²) in [5, 5.41) is 11.9. The Morgan fingerprint density at radius 3 is 1.41 bits per heavy atom. The number of hydrogen-bond acceptors (Lipinski definition) is 3. The molecular weight excluding hydrogens is 715 g/mol. The molecular formula is C56H37N3. The summed E-state index contributed by atoms with van der Waals surface area (Å²) in [7, 11) is 0. The molecule has 0 atom stereocenters. The standard InChI is InChI=1S/C56H37N3/c1-56(2)50-18-10-9-17-48(50)49-33-39(26-30-51(49)56)47-29-23-36-13-5-8-16-46(36)52(47)55-58-53(40-24-27-44-37(31-40)21-19-34-11-3-6-14-42(34)44)57-54(59-55)41-25-28-45-38(32-41)22-20-35-12-4-7-15-43(35)45/h3-33H,1-2H3. The second-order valence-corrected chi connectivity index (χ2v) is 16.4. The fourth-order valence-electron chi connectivity index (χ4n) is 9.69. The van der Waals surface area contributed by atoms with Gasteiger partial charge in [0, 0.05) is 22.1 Å². The van der Waals surface area contributed by atoms with E-state index in [9.17, 15) is 0 Å². The van der Waals surface area contributed by atoms with Crippen LogP contribution in [0.25, 0.3) is 110 Å². The lowest BCUT2D eigenvalue weighted by atomic mass is 9.82. The van der Waals surface area contributed by atoms with Crippen molar-refractivity contribution >= 4 is 53.9 Å². The highest BCUT2D eigenvalue weighted by Crippen LogP contribution is 2.50. The zero-order valence-electron chi connectivity index (χ0n) is 32.7. The molecule has 59 heavy (non-hydrogen) atoms. The molecule has 0 bridgehead atoms. The quantitative estimate of drug-likeness (QED) is 0.168. The lowest BCUT2D eigenvalue weighted by Gasteiger charge is -2.21.